The second kappa shape index (κ2) is 10.5. The maximum absolute atomic E-state index is 11.7. The third-order valence-electron chi connectivity index (χ3n) is 9.45. The normalized spacial score (nSPS) is 24.8. The molecule has 0 spiro atoms. The predicted molar refractivity (Wildman–Crippen MR) is 156 cm³/mol. The van der Waals surface area contributed by atoms with Gasteiger partial charge < -0.3 is 19.5 Å². The molecule has 3 aromatic rings. The van der Waals surface area contributed by atoms with Gasteiger partial charge >= 0.3 is 5.97 Å². The Hall–Kier alpha value is -2.94. The summed E-state index contributed by atoms with van der Waals surface area (Å²) in [6.07, 6.45) is 5.28. The van der Waals surface area contributed by atoms with E-state index in [-0.39, 0.29) is 5.92 Å². The van der Waals surface area contributed by atoms with Crippen molar-refractivity contribution in [3.05, 3.63) is 64.0 Å². The number of fused-ring (bicyclic) bond motifs is 2. The lowest BCUT2D eigenvalue weighted by molar-refractivity contribution is -0.143. The van der Waals surface area contributed by atoms with Crippen molar-refractivity contribution in [3.8, 4) is 17.0 Å². The number of carboxylic acids is 1. The summed E-state index contributed by atoms with van der Waals surface area (Å²) >= 11 is 1.59. The number of piperidine rings is 1. The van der Waals surface area contributed by atoms with Crippen molar-refractivity contribution in [1.82, 2.24) is 9.88 Å². The van der Waals surface area contributed by atoms with E-state index in [2.05, 4.69) is 52.4 Å². The van der Waals surface area contributed by atoms with E-state index >= 15 is 0 Å². The zero-order chi connectivity index (χ0) is 27.3. The summed E-state index contributed by atoms with van der Waals surface area (Å²) in [5, 5.41) is 12.6. The minimum atomic E-state index is -0.666. The summed E-state index contributed by atoms with van der Waals surface area (Å²) in [6.45, 7) is 7.96. The third-order valence-corrected chi connectivity index (χ3v) is 10.4. The first-order valence-electron chi connectivity index (χ1n) is 14.6. The number of carboxylic acid groups (broad SMARTS) is 1. The largest absolute Gasteiger partial charge is 0.488 e. The number of thiazole rings is 1. The quantitative estimate of drug-likeness (QED) is 0.427. The average molecular weight is 560 g/mol. The van der Waals surface area contributed by atoms with Gasteiger partial charge in [-0.2, -0.15) is 0 Å². The number of aromatic nitrogens is 1. The standard InChI is InChI=1S/C32H37N3O4S/c1-21-2-5-29(27(14-21)28-19-40-31(33-28)35-17-25-16-32(25,20-35)30(36)37)39-18-22-3-4-23-6-10-34(11-7-24(23)15-22)26-8-12-38-13-9-26/h2-5,14-15,19,25-26H,6-13,16-18,20H2,1H3,(H,36,37)/t25-,32-/m0/s1. The number of hydrogen-bond donors (Lipinski definition) is 1. The SMILES string of the molecule is Cc1ccc(OCc2ccc3c(c2)CCN(C2CCOCC2)CC3)c(-c2csc(N3C[C@@H]4C[C@]4(C(=O)O)C3)n2)c1. The van der Waals surface area contributed by atoms with Gasteiger partial charge in [0.1, 0.15) is 12.4 Å². The fraction of sp³-hybridized carbons (Fsp3) is 0.500. The molecule has 1 N–H and O–H groups in total. The zero-order valence-electron chi connectivity index (χ0n) is 23.1. The van der Waals surface area contributed by atoms with Gasteiger partial charge in [-0.3, -0.25) is 9.69 Å². The highest BCUT2D eigenvalue weighted by molar-refractivity contribution is 7.14. The van der Waals surface area contributed by atoms with E-state index in [0.717, 1.165) is 92.7 Å². The number of benzene rings is 2. The van der Waals surface area contributed by atoms with Crippen LogP contribution in [0.25, 0.3) is 11.3 Å². The fourth-order valence-electron chi connectivity index (χ4n) is 6.93. The molecule has 3 aliphatic heterocycles. The van der Waals surface area contributed by atoms with Crippen LogP contribution in [0.4, 0.5) is 5.13 Å². The summed E-state index contributed by atoms with van der Waals surface area (Å²) in [4.78, 5) is 21.5. The van der Waals surface area contributed by atoms with Crippen LogP contribution in [0.5, 0.6) is 5.75 Å². The molecule has 8 heteroatoms. The number of aryl methyl sites for hydroxylation is 1. The summed E-state index contributed by atoms with van der Waals surface area (Å²) in [5.74, 6) is 0.413. The van der Waals surface area contributed by atoms with Gasteiger partial charge in [0, 0.05) is 56.4 Å². The second-order valence-electron chi connectivity index (χ2n) is 12.0. The van der Waals surface area contributed by atoms with Gasteiger partial charge in [0.25, 0.3) is 0 Å². The van der Waals surface area contributed by atoms with Gasteiger partial charge in [-0.05, 0) is 73.8 Å². The zero-order valence-corrected chi connectivity index (χ0v) is 23.9. The minimum Gasteiger partial charge on any atom is -0.488 e. The molecule has 0 radical (unpaired) electrons. The molecular formula is C32H37N3O4S. The van der Waals surface area contributed by atoms with Gasteiger partial charge in [-0.25, -0.2) is 4.98 Å². The van der Waals surface area contributed by atoms with E-state index in [4.69, 9.17) is 14.5 Å². The Morgan fingerprint density at radius 3 is 2.77 bits per heavy atom. The lowest BCUT2D eigenvalue weighted by Crippen LogP contribution is -2.40. The smallest absolute Gasteiger partial charge is 0.311 e. The van der Waals surface area contributed by atoms with Crippen LogP contribution in [0.2, 0.25) is 0 Å². The van der Waals surface area contributed by atoms with Crippen LogP contribution in [0.1, 0.15) is 41.5 Å². The molecule has 7 rings (SSSR count). The summed E-state index contributed by atoms with van der Waals surface area (Å²) < 4.78 is 12.0. The number of aliphatic carboxylic acids is 1. The van der Waals surface area contributed by atoms with Crippen molar-refractivity contribution in [2.75, 3.05) is 44.3 Å². The van der Waals surface area contributed by atoms with E-state index in [1.54, 1.807) is 11.3 Å². The van der Waals surface area contributed by atoms with Crippen molar-refractivity contribution in [2.45, 2.75) is 51.7 Å². The maximum atomic E-state index is 11.7. The highest BCUT2D eigenvalue weighted by atomic mass is 32.1. The summed E-state index contributed by atoms with van der Waals surface area (Å²) in [5.41, 5.74) is 6.59. The molecule has 3 fully saturated rings. The van der Waals surface area contributed by atoms with Crippen molar-refractivity contribution >= 4 is 22.4 Å². The number of ether oxygens (including phenoxy) is 2. The topological polar surface area (TPSA) is 75.1 Å². The molecule has 0 bridgehead atoms. The number of anilines is 1. The van der Waals surface area contributed by atoms with E-state index in [1.807, 2.05) is 6.07 Å². The number of carbonyl (C=O) groups is 1. The third kappa shape index (κ3) is 4.91. The Labute approximate surface area is 239 Å². The number of nitrogens with zero attached hydrogens (tertiary/aromatic N) is 3. The molecule has 7 nitrogen and oxygen atoms in total. The van der Waals surface area contributed by atoms with Crippen LogP contribution in [-0.2, 0) is 29.0 Å². The molecular weight excluding hydrogens is 522 g/mol. The Kier molecular flexibility index (Phi) is 6.80. The first-order chi connectivity index (χ1) is 19.5. The molecule has 40 heavy (non-hydrogen) atoms. The highest BCUT2D eigenvalue weighted by Gasteiger charge is 2.65. The van der Waals surface area contributed by atoms with E-state index in [9.17, 15) is 9.90 Å². The monoisotopic (exact) mass is 559 g/mol. The Morgan fingerprint density at radius 1 is 1.15 bits per heavy atom. The number of hydrogen-bond acceptors (Lipinski definition) is 7. The van der Waals surface area contributed by atoms with Crippen molar-refractivity contribution < 1.29 is 19.4 Å². The summed E-state index contributed by atoms with van der Waals surface area (Å²) in [6, 6.07) is 13.8. The van der Waals surface area contributed by atoms with E-state index in [1.165, 1.54) is 16.7 Å². The van der Waals surface area contributed by atoms with E-state index in [0.29, 0.717) is 19.2 Å². The van der Waals surface area contributed by atoms with Crippen LogP contribution in [-0.4, -0.2) is 66.4 Å². The molecule has 1 aliphatic carbocycles. The van der Waals surface area contributed by atoms with Crippen LogP contribution >= 0.6 is 11.3 Å². The second-order valence-corrected chi connectivity index (χ2v) is 12.9. The first kappa shape index (κ1) is 26.0. The van der Waals surface area contributed by atoms with Gasteiger partial charge in [0.05, 0.1) is 11.1 Å². The molecule has 4 aliphatic rings. The molecule has 2 atom stereocenters. The van der Waals surface area contributed by atoms with Crippen LogP contribution in [0.3, 0.4) is 0 Å². The number of rotatable bonds is 7. The molecule has 2 aromatic carbocycles. The molecule has 210 valence electrons. The van der Waals surface area contributed by atoms with Crippen LogP contribution in [0, 0.1) is 18.3 Å². The minimum absolute atomic E-state index is 0.251. The van der Waals surface area contributed by atoms with Crippen LogP contribution in [0.15, 0.2) is 41.8 Å². The van der Waals surface area contributed by atoms with Gasteiger partial charge in [0.2, 0.25) is 0 Å². The first-order valence-corrected chi connectivity index (χ1v) is 15.5. The van der Waals surface area contributed by atoms with Gasteiger partial charge in [-0.15, -0.1) is 11.3 Å². The maximum Gasteiger partial charge on any atom is 0.311 e. The Morgan fingerprint density at radius 2 is 1.98 bits per heavy atom. The molecule has 0 amide bonds. The molecule has 2 saturated heterocycles. The Bertz CT molecular complexity index is 1420. The average Bonchev–Trinajstić information content (AvgIpc) is 3.32. The molecule has 1 aromatic heterocycles. The highest BCUT2D eigenvalue weighted by Crippen LogP contribution is 2.58. The summed E-state index contributed by atoms with van der Waals surface area (Å²) in [7, 11) is 0. The lowest BCUT2D eigenvalue weighted by Gasteiger charge is -2.33. The molecule has 4 heterocycles. The lowest BCUT2D eigenvalue weighted by atomic mass is 10.0. The van der Waals surface area contributed by atoms with E-state index < -0.39 is 11.4 Å². The Balaban J connectivity index is 1.04. The van der Waals surface area contributed by atoms with Crippen LogP contribution < -0.4 is 9.64 Å². The van der Waals surface area contributed by atoms with Crippen molar-refractivity contribution in [2.24, 2.45) is 11.3 Å². The predicted octanol–water partition coefficient (Wildman–Crippen LogP) is 5.19. The van der Waals surface area contributed by atoms with Crippen molar-refractivity contribution in [1.29, 1.82) is 0 Å². The fourth-order valence-corrected chi connectivity index (χ4v) is 7.76. The van der Waals surface area contributed by atoms with Crippen molar-refractivity contribution in [3.63, 3.8) is 0 Å². The molecule has 1 saturated carbocycles. The molecule has 0 unspecified atom stereocenters. The van der Waals surface area contributed by atoms with Gasteiger partial charge in [-0.1, -0.05) is 29.8 Å². The van der Waals surface area contributed by atoms with Gasteiger partial charge in [0.15, 0.2) is 5.13 Å².